The maximum atomic E-state index is 12.7. The minimum Gasteiger partial charge on any atom is -0.323 e. The van der Waals surface area contributed by atoms with E-state index in [1.54, 1.807) is 6.92 Å². The zero-order chi connectivity index (χ0) is 18.5. The molecule has 0 aliphatic carbocycles. The third-order valence-corrected chi connectivity index (χ3v) is 4.73. The normalized spacial score (nSPS) is 10.9. The van der Waals surface area contributed by atoms with Crippen molar-refractivity contribution in [3.05, 3.63) is 72.1 Å². The fraction of sp³-hybridized carbons (Fsp3) is 0.158. The minimum absolute atomic E-state index is 0.122. The molecular weight excluding hydrogens is 356 g/mol. The quantitative estimate of drug-likeness (QED) is 0.667. The van der Waals surface area contributed by atoms with E-state index in [1.165, 1.54) is 22.5 Å². The third kappa shape index (κ3) is 4.49. The molecule has 26 heavy (non-hydrogen) atoms. The molecule has 2 aromatic carbocycles. The molecule has 134 valence electrons. The number of nitrogens with one attached hydrogen (secondary N) is 1. The molecule has 4 nitrogen and oxygen atoms in total. The summed E-state index contributed by atoms with van der Waals surface area (Å²) >= 11 is 1.54. The second-order valence-corrected chi connectivity index (χ2v) is 6.74. The predicted octanol–water partition coefficient (Wildman–Crippen LogP) is 4.92. The van der Waals surface area contributed by atoms with Gasteiger partial charge in [0.15, 0.2) is 0 Å². The van der Waals surface area contributed by atoms with Gasteiger partial charge in [-0.15, -0.1) is 0 Å². The summed E-state index contributed by atoms with van der Waals surface area (Å²) in [4.78, 5) is 14.3. The predicted molar refractivity (Wildman–Crippen MR) is 97.6 cm³/mol. The van der Waals surface area contributed by atoms with Crippen LogP contribution in [0.2, 0.25) is 0 Å². The highest BCUT2D eigenvalue weighted by molar-refractivity contribution is 7.99. The van der Waals surface area contributed by atoms with Gasteiger partial charge < -0.3 is 5.32 Å². The smallest absolute Gasteiger partial charge is 0.282 e. The van der Waals surface area contributed by atoms with E-state index in [1.807, 2.05) is 54.6 Å². The Hall–Kier alpha value is -2.67. The summed E-state index contributed by atoms with van der Waals surface area (Å²) in [6.45, 7) is 1.52. The summed E-state index contributed by atoms with van der Waals surface area (Å²) in [5.74, 6) is -0.321. The lowest BCUT2D eigenvalue weighted by Gasteiger charge is -2.11. The number of benzene rings is 2. The van der Waals surface area contributed by atoms with E-state index in [4.69, 9.17) is 0 Å². The highest BCUT2D eigenvalue weighted by Gasteiger charge is 2.15. The lowest BCUT2D eigenvalue weighted by atomic mass is 10.3. The van der Waals surface area contributed by atoms with Crippen molar-refractivity contribution < 1.29 is 13.6 Å². The van der Waals surface area contributed by atoms with Crippen LogP contribution in [0.4, 0.5) is 14.5 Å². The van der Waals surface area contributed by atoms with E-state index < -0.39 is 6.43 Å². The van der Waals surface area contributed by atoms with Gasteiger partial charge in [0.25, 0.3) is 6.43 Å². The van der Waals surface area contributed by atoms with Crippen molar-refractivity contribution in [2.24, 2.45) is 0 Å². The molecule has 0 radical (unpaired) electrons. The lowest BCUT2D eigenvalue weighted by molar-refractivity contribution is -0.117. The van der Waals surface area contributed by atoms with Gasteiger partial charge in [-0.05, 0) is 37.3 Å². The molecule has 0 aliphatic rings. The summed E-state index contributed by atoms with van der Waals surface area (Å²) in [5, 5.41) is 6.62. The van der Waals surface area contributed by atoms with Crippen LogP contribution in [-0.4, -0.2) is 15.7 Å². The van der Waals surface area contributed by atoms with Crippen molar-refractivity contribution in [2.75, 3.05) is 5.32 Å². The van der Waals surface area contributed by atoms with Crippen molar-refractivity contribution in [3.63, 3.8) is 0 Å². The molecule has 0 bridgehead atoms. The topological polar surface area (TPSA) is 46.9 Å². The molecule has 1 aromatic heterocycles. The van der Waals surface area contributed by atoms with Crippen molar-refractivity contribution in [3.8, 4) is 0 Å². The average molecular weight is 373 g/mol. The van der Waals surface area contributed by atoms with Crippen LogP contribution >= 0.6 is 11.8 Å². The van der Waals surface area contributed by atoms with Crippen LogP contribution in [0.1, 0.15) is 17.8 Å². The van der Waals surface area contributed by atoms with Crippen molar-refractivity contribution >= 4 is 23.4 Å². The fourth-order valence-electron chi connectivity index (χ4n) is 2.40. The van der Waals surface area contributed by atoms with Crippen LogP contribution < -0.4 is 5.32 Å². The summed E-state index contributed by atoms with van der Waals surface area (Å²) in [6.07, 6.45) is -2.65. The van der Waals surface area contributed by atoms with E-state index >= 15 is 0 Å². The first-order chi connectivity index (χ1) is 12.5. The summed E-state index contributed by atoms with van der Waals surface area (Å²) in [6, 6.07) is 18.6. The number of alkyl halides is 2. The lowest BCUT2D eigenvalue weighted by Crippen LogP contribution is -2.20. The van der Waals surface area contributed by atoms with E-state index in [2.05, 4.69) is 10.4 Å². The maximum Gasteiger partial charge on any atom is 0.282 e. The molecule has 0 saturated heterocycles. The molecule has 0 atom stereocenters. The largest absolute Gasteiger partial charge is 0.323 e. The molecule has 7 heteroatoms. The van der Waals surface area contributed by atoms with Crippen LogP contribution in [0, 0.1) is 6.92 Å². The number of carbonyl (C=O) groups is 1. The van der Waals surface area contributed by atoms with Gasteiger partial charge in [0.05, 0.1) is 5.69 Å². The highest BCUT2D eigenvalue weighted by Crippen LogP contribution is 2.33. The maximum absolute atomic E-state index is 12.7. The molecule has 0 aliphatic heterocycles. The van der Waals surface area contributed by atoms with Crippen LogP contribution in [-0.2, 0) is 11.3 Å². The Morgan fingerprint density at radius 2 is 1.85 bits per heavy atom. The van der Waals surface area contributed by atoms with Gasteiger partial charge in [0.2, 0.25) is 5.91 Å². The monoisotopic (exact) mass is 373 g/mol. The Balaban J connectivity index is 1.72. The van der Waals surface area contributed by atoms with Gasteiger partial charge >= 0.3 is 0 Å². The van der Waals surface area contributed by atoms with Crippen LogP contribution in [0.15, 0.2) is 70.5 Å². The molecule has 3 aromatic rings. The second kappa shape index (κ2) is 8.14. The Kier molecular flexibility index (Phi) is 5.68. The molecule has 3 rings (SSSR count). The number of amides is 1. The van der Waals surface area contributed by atoms with Gasteiger partial charge in [0, 0.05) is 15.5 Å². The number of hydrogen-bond donors (Lipinski definition) is 1. The Bertz CT molecular complexity index is 897. The Morgan fingerprint density at radius 1 is 1.15 bits per heavy atom. The third-order valence-electron chi connectivity index (χ3n) is 3.65. The zero-order valence-corrected chi connectivity index (χ0v) is 14.8. The molecule has 1 heterocycles. The number of hydrogen-bond acceptors (Lipinski definition) is 3. The number of carbonyl (C=O) groups excluding carboxylic acids is 1. The molecule has 0 saturated carbocycles. The van der Waals surface area contributed by atoms with Crippen LogP contribution in [0.3, 0.4) is 0 Å². The average Bonchev–Trinajstić information content (AvgIpc) is 2.98. The molecular formula is C19H17F2N3OS. The van der Waals surface area contributed by atoms with E-state index in [-0.39, 0.29) is 18.1 Å². The number of halogens is 2. The number of aryl methyl sites for hydroxylation is 1. The number of aromatic nitrogens is 2. The number of rotatable bonds is 6. The van der Waals surface area contributed by atoms with Gasteiger partial charge in [-0.25, -0.2) is 8.78 Å². The van der Waals surface area contributed by atoms with E-state index in [9.17, 15) is 13.6 Å². The van der Waals surface area contributed by atoms with Gasteiger partial charge in [0.1, 0.15) is 12.2 Å². The highest BCUT2D eigenvalue weighted by atomic mass is 32.2. The number of anilines is 1. The van der Waals surface area contributed by atoms with Gasteiger partial charge in [-0.3, -0.25) is 9.48 Å². The summed E-state index contributed by atoms with van der Waals surface area (Å²) < 4.78 is 26.7. The van der Waals surface area contributed by atoms with Crippen LogP contribution in [0.5, 0.6) is 0 Å². The minimum atomic E-state index is -2.65. The van der Waals surface area contributed by atoms with Crippen molar-refractivity contribution in [2.45, 2.75) is 29.7 Å². The van der Waals surface area contributed by atoms with Gasteiger partial charge in [-0.2, -0.15) is 5.10 Å². The second-order valence-electron chi connectivity index (χ2n) is 5.63. The molecule has 1 amide bonds. The molecule has 0 fully saturated rings. The standard InChI is InChI=1S/C19H17F2N3OS/c1-13-11-16(19(20)21)23-24(13)12-18(25)22-15-9-5-6-10-17(15)26-14-7-3-2-4-8-14/h2-11,19H,12H2,1H3,(H,22,25). The van der Waals surface area contributed by atoms with Crippen LogP contribution in [0.25, 0.3) is 0 Å². The molecule has 1 N–H and O–H groups in total. The summed E-state index contributed by atoms with van der Waals surface area (Å²) in [5.41, 5.74) is 0.864. The summed E-state index contributed by atoms with van der Waals surface area (Å²) in [7, 11) is 0. The molecule has 0 unspecified atom stereocenters. The Morgan fingerprint density at radius 3 is 2.54 bits per heavy atom. The van der Waals surface area contributed by atoms with Gasteiger partial charge in [-0.1, -0.05) is 42.1 Å². The van der Waals surface area contributed by atoms with E-state index in [0.717, 1.165) is 9.79 Å². The SMILES string of the molecule is Cc1cc(C(F)F)nn1CC(=O)Nc1ccccc1Sc1ccccc1. The molecule has 0 spiro atoms. The number of nitrogens with zero attached hydrogens (tertiary/aromatic N) is 2. The van der Waals surface area contributed by atoms with Crippen molar-refractivity contribution in [1.82, 2.24) is 9.78 Å². The van der Waals surface area contributed by atoms with Crippen molar-refractivity contribution in [1.29, 1.82) is 0 Å². The van der Waals surface area contributed by atoms with E-state index in [0.29, 0.717) is 11.4 Å². The number of para-hydroxylation sites is 1. The first kappa shape index (κ1) is 18.1. The first-order valence-corrected chi connectivity index (χ1v) is 8.79. The zero-order valence-electron chi connectivity index (χ0n) is 14.0. The Labute approximate surface area is 154 Å². The first-order valence-electron chi connectivity index (χ1n) is 7.97. The fourth-order valence-corrected chi connectivity index (χ4v) is 3.33.